The Hall–Kier alpha value is -1.44. The number of methoxy groups -OCH3 is 1. The highest BCUT2D eigenvalue weighted by molar-refractivity contribution is 7.98. The summed E-state index contributed by atoms with van der Waals surface area (Å²) in [7, 11) is 1.63. The number of ether oxygens (including phenoxy) is 1. The molecule has 27 heavy (non-hydrogen) atoms. The van der Waals surface area contributed by atoms with Gasteiger partial charge in [-0.25, -0.2) is 0 Å². The second kappa shape index (κ2) is 12.1. The SMILES string of the molecule is COc1ccc(CNC(=O)C2CCN(C(=O)[C@@H](N)CCSC)CC2)cc1.Cl. The predicted molar refractivity (Wildman–Crippen MR) is 112 cm³/mol. The van der Waals surface area contributed by atoms with Crippen molar-refractivity contribution in [3.63, 3.8) is 0 Å². The highest BCUT2D eigenvalue weighted by atomic mass is 35.5. The molecule has 1 aliphatic heterocycles. The van der Waals surface area contributed by atoms with Crippen LogP contribution >= 0.6 is 24.2 Å². The van der Waals surface area contributed by atoms with Gasteiger partial charge >= 0.3 is 0 Å². The smallest absolute Gasteiger partial charge is 0.239 e. The van der Waals surface area contributed by atoms with Crippen LogP contribution in [0.5, 0.6) is 5.75 Å². The van der Waals surface area contributed by atoms with Crippen molar-refractivity contribution in [2.45, 2.75) is 31.8 Å². The molecule has 0 saturated carbocycles. The molecule has 1 fully saturated rings. The number of halogens is 1. The molecule has 1 atom stereocenters. The van der Waals surface area contributed by atoms with Gasteiger partial charge < -0.3 is 20.7 Å². The van der Waals surface area contributed by atoms with E-state index in [1.807, 2.05) is 30.5 Å². The van der Waals surface area contributed by atoms with Gasteiger partial charge in [-0.1, -0.05) is 12.1 Å². The zero-order valence-corrected chi connectivity index (χ0v) is 17.6. The van der Waals surface area contributed by atoms with Crippen LogP contribution in [-0.2, 0) is 16.1 Å². The minimum absolute atomic E-state index is 0. The number of nitrogens with one attached hydrogen (secondary N) is 1. The van der Waals surface area contributed by atoms with E-state index >= 15 is 0 Å². The van der Waals surface area contributed by atoms with Gasteiger partial charge in [0.1, 0.15) is 5.75 Å². The van der Waals surface area contributed by atoms with Crippen molar-refractivity contribution in [3.8, 4) is 5.75 Å². The number of piperidine rings is 1. The molecule has 0 aliphatic carbocycles. The molecule has 1 aromatic rings. The monoisotopic (exact) mass is 415 g/mol. The topological polar surface area (TPSA) is 84.7 Å². The lowest BCUT2D eigenvalue weighted by Gasteiger charge is -2.33. The van der Waals surface area contributed by atoms with Crippen LogP contribution in [0.25, 0.3) is 0 Å². The normalized spacial score (nSPS) is 15.6. The lowest BCUT2D eigenvalue weighted by Crippen LogP contribution is -2.49. The number of nitrogens with zero attached hydrogens (tertiary/aromatic N) is 1. The molecule has 0 bridgehead atoms. The van der Waals surface area contributed by atoms with Crippen molar-refractivity contribution >= 4 is 36.0 Å². The Morgan fingerprint density at radius 1 is 1.30 bits per heavy atom. The summed E-state index contributed by atoms with van der Waals surface area (Å²) in [4.78, 5) is 26.5. The molecule has 1 saturated heterocycles. The fourth-order valence-corrected chi connectivity index (χ4v) is 3.53. The van der Waals surface area contributed by atoms with Crippen LogP contribution in [-0.4, -0.2) is 55.0 Å². The van der Waals surface area contributed by atoms with Crippen LogP contribution in [0.4, 0.5) is 0 Å². The van der Waals surface area contributed by atoms with E-state index in [4.69, 9.17) is 10.5 Å². The van der Waals surface area contributed by atoms with Gasteiger partial charge in [-0.3, -0.25) is 9.59 Å². The van der Waals surface area contributed by atoms with Crippen molar-refractivity contribution in [2.75, 3.05) is 32.2 Å². The number of carbonyl (C=O) groups is 2. The van der Waals surface area contributed by atoms with Crippen LogP contribution in [0.3, 0.4) is 0 Å². The average Bonchev–Trinajstić information content (AvgIpc) is 2.70. The van der Waals surface area contributed by atoms with E-state index in [0.29, 0.717) is 38.9 Å². The van der Waals surface area contributed by atoms with Gasteiger partial charge in [0, 0.05) is 25.6 Å². The maximum atomic E-state index is 12.4. The number of likely N-dealkylation sites (tertiary alicyclic amines) is 1. The molecule has 0 radical (unpaired) electrons. The van der Waals surface area contributed by atoms with Crippen LogP contribution in [0, 0.1) is 5.92 Å². The summed E-state index contributed by atoms with van der Waals surface area (Å²) in [6.07, 6.45) is 4.08. The maximum absolute atomic E-state index is 12.4. The summed E-state index contributed by atoms with van der Waals surface area (Å²) < 4.78 is 5.13. The molecule has 1 aliphatic rings. The van der Waals surface area contributed by atoms with E-state index in [1.165, 1.54) is 0 Å². The lowest BCUT2D eigenvalue weighted by atomic mass is 9.95. The van der Waals surface area contributed by atoms with Crippen LogP contribution in [0.1, 0.15) is 24.8 Å². The molecular weight excluding hydrogens is 386 g/mol. The van der Waals surface area contributed by atoms with Gasteiger partial charge in [0.2, 0.25) is 11.8 Å². The minimum atomic E-state index is -0.428. The van der Waals surface area contributed by atoms with Crippen molar-refractivity contribution < 1.29 is 14.3 Å². The summed E-state index contributed by atoms with van der Waals surface area (Å²) in [5.41, 5.74) is 7.00. The van der Waals surface area contributed by atoms with E-state index < -0.39 is 6.04 Å². The Balaban J connectivity index is 0.00000364. The molecule has 2 rings (SSSR count). The van der Waals surface area contributed by atoms with E-state index in [2.05, 4.69) is 5.32 Å². The second-order valence-electron chi connectivity index (χ2n) is 6.55. The molecule has 1 aromatic carbocycles. The van der Waals surface area contributed by atoms with E-state index in [1.54, 1.807) is 23.8 Å². The third-order valence-electron chi connectivity index (χ3n) is 4.75. The molecule has 2 amide bonds. The Morgan fingerprint density at radius 3 is 2.48 bits per heavy atom. The number of carbonyl (C=O) groups excluding carboxylic acids is 2. The average molecular weight is 416 g/mol. The quantitative estimate of drug-likeness (QED) is 0.678. The standard InChI is InChI=1S/C19H29N3O3S.ClH/c1-25-16-5-3-14(4-6-16)13-21-18(23)15-7-10-22(11-8-15)19(24)17(20)9-12-26-2;/h3-6,15,17H,7-13,20H2,1-2H3,(H,21,23);1H/t17-;/m0./s1. The van der Waals surface area contributed by atoms with Crippen LogP contribution in [0.15, 0.2) is 24.3 Å². The number of thioether (sulfide) groups is 1. The second-order valence-corrected chi connectivity index (χ2v) is 7.54. The zero-order chi connectivity index (χ0) is 18.9. The van der Waals surface area contributed by atoms with Crippen molar-refractivity contribution in [1.29, 1.82) is 0 Å². The zero-order valence-electron chi connectivity index (χ0n) is 16.0. The maximum Gasteiger partial charge on any atom is 0.239 e. The summed E-state index contributed by atoms with van der Waals surface area (Å²) >= 11 is 1.69. The first-order chi connectivity index (χ1) is 12.5. The van der Waals surface area contributed by atoms with Gasteiger partial charge in [0.25, 0.3) is 0 Å². The third-order valence-corrected chi connectivity index (χ3v) is 5.40. The highest BCUT2D eigenvalue weighted by Crippen LogP contribution is 2.19. The number of nitrogens with two attached hydrogens (primary N) is 1. The Morgan fingerprint density at radius 2 is 1.93 bits per heavy atom. The van der Waals surface area contributed by atoms with Crippen LogP contribution < -0.4 is 15.8 Å². The van der Waals surface area contributed by atoms with Gasteiger partial charge in [0.15, 0.2) is 0 Å². The molecular formula is C19H30ClN3O3S. The molecule has 3 N–H and O–H groups in total. The first kappa shape index (κ1) is 23.6. The first-order valence-corrected chi connectivity index (χ1v) is 10.4. The predicted octanol–water partition coefficient (Wildman–Crippen LogP) is 2.05. The van der Waals surface area contributed by atoms with E-state index in [9.17, 15) is 9.59 Å². The number of hydrogen-bond acceptors (Lipinski definition) is 5. The van der Waals surface area contributed by atoms with Gasteiger partial charge in [0.05, 0.1) is 13.2 Å². The molecule has 0 aromatic heterocycles. The highest BCUT2D eigenvalue weighted by Gasteiger charge is 2.29. The summed E-state index contributed by atoms with van der Waals surface area (Å²) in [6, 6.07) is 7.22. The van der Waals surface area contributed by atoms with Gasteiger partial charge in [-0.15, -0.1) is 12.4 Å². The molecule has 1 heterocycles. The molecule has 152 valence electrons. The molecule has 6 nitrogen and oxygen atoms in total. The number of benzene rings is 1. The fourth-order valence-electron chi connectivity index (χ4n) is 3.04. The molecule has 0 spiro atoms. The molecule has 8 heteroatoms. The summed E-state index contributed by atoms with van der Waals surface area (Å²) in [6.45, 7) is 1.71. The van der Waals surface area contributed by atoms with Crippen molar-refractivity contribution in [3.05, 3.63) is 29.8 Å². The number of hydrogen-bond donors (Lipinski definition) is 2. The van der Waals surface area contributed by atoms with Crippen molar-refractivity contribution in [1.82, 2.24) is 10.2 Å². The third kappa shape index (κ3) is 7.24. The summed E-state index contributed by atoms with van der Waals surface area (Å²) in [5, 5.41) is 2.99. The number of amides is 2. The van der Waals surface area contributed by atoms with Crippen molar-refractivity contribution in [2.24, 2.45) is 11.7 Å². The molecule has 0 unspecified atom stereocenters. The number of rotatable bonds is 8. The summed E-state index contributed by atoms with van der Waals surface area (Å²) in [5.74, 6) is 1.71. The van der Waals surface area contributed by atoms with E-state index in [0.717, 1.165) is 17.1 Å². The van der Waals surface area contributed by atoms with E-state index in [-0.39, 0.29) is 30.1 Å². The Bertz CT molecular complexity index is 592. The lowest BCUT2D eigenvalue weighted by molar-refractivity contribution is -0.136. The Kier molecular flexibility index (Phi) is 10.6. The first-order valence-electron chi connectivity index (χ1n) is 8.99. The largest absolute Gasteiger partial charge is 0.497 e. The van der Waals surface area contributed by atoms with Gasteiger partial charge in [-0.05, 0) is 49.0 Å². The minimum Gasteiger partial charge on any atom is -0.497 e. The Labute approximate surface area is 172 Å². The van der Waals surface area contributed by atoms with Crippen LogP contribution in [0.2, 0.25) is 0 Å². The fraction of sp³-hybridized carbons (Fsp3) is 0.579. The van der Waals surface area contributed by atoms with Gasteiger partial charge in [-0.2, -0.15) is 11.8 Å².